The molecule has 0 aliphatic carbocycles. The Morgan fingerprint density at radius 2 is 1.62 bits per heavy atom. The first-order chi connectivity index (χ1) is 7.54. The summed E-state index contributed by atoms with van der Waals surface area (Å²) in [6.07, 6.45) is -4.81. The van der Waals surface area contributed by atoms with Gasteiger partial charge >= 0.3 is 0 Å². The minimum absolute atomic E-state index is 0.0597. The lowest BCUT2D eigenvalue weighted by Gasteiger charge is -2.25. The van der Waals surface area contributed by atoms with Crippen LogP contribution in [0.2, 0.25) is 0 Å². The number of hydrogen-bond donors (Lipinski definition) is 6. The summed E-state index contributed by atoms with van der Waals surface area (Å²) in [6.45, 7) is -0.463. The van der Waals surface area contributed by atoms with Crippen molar-refractivity contribution in [1.82, 2.24) is 0 Å². The molecule has 0 heterocycles. The first kappa shape index (κ1) is 15.4. The van der Waals surface area contributed by atoms with Crippen molar-refractivity contribution in [1.29, 1.82) is 5.41 Å². The first-order valence-corrected chi connectivity index (χ1v) is 4.94. The number of ether oxygens (including phenoxy) is 1. The predicted octanol–water partition coefficient (Wildman–Crippen LogP) is -2.52. The fourth-order valence-corrected chi connectivity index (χ4v) is 1.08. The maximum absolute atomic E-state index is 9.39. The van der Waals surface area contributed by atoms with Crippen LogP contribution in [0.25, 0.3) is 0 Å². The second kappa shape index (κ2) is 8.57. The number of rotatable bonds is 9. The maximum Gasteiger partial charge on any atom is 0.110 e. The van der Waals surface area contributed by atoms with Crippen molar-refractivity contribution in [2.75, 3.05) is 19.8 Å². The number of nitrogens with one attached hydrogen (secondary N) is 1. The molecular formula is C9H19NO6. The Hall–Kier alpha value is -0.570. The fraction of sp³-hybridized carbons (Fsp3) is 0.889. The molecular weight excluding hydrogens is 218 g/mol. The summed E-state index contributed by atoms with van der Waals surface area (Å²) in [5.41, 5.74) is 0. The van der Waals surface area contributed by atoms with Crippen molar-refractivity contribution in [3.63, 3.8) is 0 Å². The van der Waals surface area contributed by atoms with Crippen molar-refractivity contribution in [2.45, 2.75) is 30.8 Å². The smallest absolute Gasteiger partial charge is 0.110 e. The third kappa shape index (κ3) is 5.50. The average molecular weight is 237 g/mol. The van der Waals surface area contributed by atoms with E-state index >= 15 is 0 Å². The molecule has 0 aromatic rings. The number of aliphatic hydroxyl groups excluding tert-OH is 5. The van der Waals surface area contributed by atoms with Gasteiger partial charge in [0.05, 0.1) is 19.3 Å². The molecule has 0 saturated carbocycles. The molecule has 4 unspecified atom stereocenters. The van der Waals surface area contributed by atoms with Gasteiger partial charge in [0.2, 0.25) is 0 Å². The number of aliphatic hydroxyl groups is 5. The summed E-state index contributed by atoms with van der Waals surface area (Å²) in [4.78, 5) is 0. The maximum atomic E-state index is 9.39. The highest BCUT2D eigenvalue weighted by atomic mass is 16.5. The van der Waals surface area contributed by atoms with Gasteiger partial charge in [0.1, 0.15) is 18.3 Å². The minimum Gasteiger partial charge on any atom is -0.394 e. The van der Waals surface area contributed by atoms with E-state index in [1.54, 1.807) is 0 Å². The van der Waals surface area contributed by atoms with Crippen LogP contribution in [-0.4, -0.2) is 76.0 Å². The molecule has 4 atom stereocenters. The van der Waals surface area contributed by atoms with Crippen molar-refractivity contribution >= 4 is 6.21 Å². The van der Waals surface area contributed by atoms with E-state index in [0.717, 1.165) is 6.21 Å². The van der Waals surface area contributed by atoms with Gasteiger partial charge in [-0.2, -0.15) is 0 Å². The van der Waals surface area contributed by atoms with Gasteiger partial charge in [-0.3, -0.25) is 0 Å². The minimum atomic E-state index is -1.61. The van der Waals surface area contributed by atoms with Crippen LogP contribution < -0.4 is 0 Å². The SMILES string of the molecule is N=CCOCCC(O)C(O)C(O)C(O)CO. The Morgan fingerprint density at radius 1 is 1.06 bits per heavy atom. The standard InChI is InChI=1S/C9H19NO6/c10-2-4-16-3-1-6(12)8(14)9(15)7(13)5-11/h2,6-15H,1,3-5H2. The lowest BCUT2D eigenvalue weighted by molar-refractivity contribution is -0.118. The Balaban J connectivity index is 3.87. The lowest BCUT2D eigenvalue weighted by atomic mass is 10.0. The van der Waals surface area contributed by atoms with Gasteiger partial charge in [0, 0.05) is 12.8 Å². The van der Waals surface area contributed by atoms with Crippen molar-refractivity contribution in [3.05, 3.63) is 0 Å². The van der Waals surface area contributed by atoms with Crippen molar-refractivity contribution in [3.8, 4) is 0 Å². The van der Waals surface area contributed by atoms with Crippen LogP contribution in [0.4, 0.5) is 0 Å². The Morgan fingerprint density at radius 3 is 2.12 bits per heavy atom. The number of hydrogen-bond acceptors (Lipinski definition) is 7. The zero-order chi connectivity index (χ0) is 12.6. The molecule has 0 aromatic carbocycles. The van der Waals surface area contributed by atoms with E-state index in [0.29, 0.717) is 0 Å². The zero-order valence-electron chi connectivity index (χ0n) is 8.86. The summed E-state index contributed by atoms with van der Waals surface area (Å²) in [5, 5.41) is 52.2. The van der Waals surface area contributed by atoms with Crippen LogP contribution in [0, 0.1) is 5.41 Å². The molecule has 6 N–H and O–H groups in total. The fourth-order valence-electron chi connectivity index (χ4n) is 1.08. The van der Waals surface area contributed by atoms with Crippen LogP contribution in [-0.2, 0) is 4.74 Å². The zero-order valence-corrected chi connectivity index (χ0v) is 8.86. The molecule has 16 heavy (non-hydrogen) atoms. The van der Waals surface area contributed by atoms with E-state index in [4.69, 9.17) is 20.4 Å². The molecule has 0 saturated heterocycles. The third-order valence-corrected chi connectivity index (χ3v) is 2.08. The molecule has 7 heteroatoms. The van der Waals surface area contributed by atoms with Crippen LogP contribution in [0.1, 0.15) is 6.42 Å². The highest BCUT2D eigenvalue weighted by Gasteiger charge is 2.29. The van der Waals surface area contributed by atoms with Gasteiger partial charge < -0.3 is 35.7 Å². The van der Waals surface area contributed by atoms with E-state index in [2.05, 4.69) is 0 Å². The molecule has 0 aromatic heterocycles. The Bertz CT molecular complexity index is 191. The van der Waals surface area contributed by atoms with E-state index in [-0.39, 0.29) is 19.6 Å². The van der Waals surface area contributed by atoms with E-state index in [9.17, 15) is 15.3 Å². The molecule has 0 radical (unpaired) electrons. The second-order valence-electron chi connectivity index (χ2n) is 3.37. The van der Waals surface area contributed by atoms with Crippen LogP contribution in [0.5, 0.6) is 0 Å². The Labute approximate surface area is 93.4 Å². The molecule has 0 aliphatic heterocycles. The summed E-state index contributed by atoms with van der Waals surface area (Å²) in [7, 11) is 0. The monoisotopic (exact) mass is 237 g/mol. The van der Waals surface area contributed by atoms with E-state index < -0.39 is 31.0 Å². The van der Waals surface area contributed by atoms with Gasteiger partial charge in [-0.15, -0.1) is 0 Å². The molecule has 0 spiro atoms. The summed E-state index contributed by atoms with van der Waals surface area (Å²) < 4.78 is 4.86. The van der Waals surface area contributed by atoms with Crippen molar-refractivity contribution in [2.24, 2.45) is 0 Å². The molecule has 0 aliphatic rings. The largest absolute Gasteiger partial charge is 0.394 e. The van der Waals surface area contributed by atoms with Gasteiger partial charge in [-0.05, 0) is 6.42 Å². The predicted molar refractivity (Wildman–Crippen MR) is 55.3 cm³/mol. The summed E-state index contributed by atoms with van der Waals surface area (Å²) in [6, 6.07) is 0. The van der Waals surface area contributed by atoms with Crippen LogP contribution in [0.15, 0.2) is 0 Å². The topological polar surface area (TPSA) is 134 Å². The molecule has 7 nitrogen and oxygen atoms in total. The summed E-state index contributed by atoms with van der Waals surface area (Å²) >= 11 is 0. The quantitative estimate of drug-likeness (QED) is 0.193. The highest BCUT2D eigenvalue weighted by Crippen LogP contribution is 2.07. The molecule has 0 rings (SSSR count). The van der Waals surface area contributed by atoms with E-state index in [1.165, 1.54) is 0 Å². The Kier molecular flexibility index (Phi) is 8.26. The molecule has 0 fully saturated rings. The first-order valence-electron chi connectivity index (χ1n) is 4.94. The molecule has 0 bridgehead atoms. The normalized spacial score (nSPS) is 18.8. The second-order valence-corrected chi connectivity index (χ2v) is 3.37. The van der Waals surface area contributed by atoms with Gasteiger partial charge in [-0.1, -0.05) is 0 Å². The average Bonchev–Trinajstić information content (AvgIpc) is 2.31. The summed E-state index contributed by atoms with van der Waals surface area (Å²) in [5.74, 6) is 0. The molecule has 0 amide bonds. The van der Waals surface area contributed by atoms with Crippen molar-refractivity contribution < 1.29 is 30.3 Å². The lowest BCUT2D eigenvalue weighted by Crippen LogP contribution is -2.46. The third-order valence-electron chi connectivity index (χ3n) is 2.08. The van der Waals surface area contributed by atoms with Crippen LogP contribution >= 0.6 is 0 Å². The van der Waals surface area contributed by atoms with Crippen LogP contribution in [0.3, 0.4) is 0 Å². The van der Waals surface area contributed by atoms with Gasteiger partial charge in [-0.25, -0.2) is 0 Å². The molecule has 96 valence electrons. The van der Waals surface area contributed by atoms with E-state index in [1.807, 2.05) is 0 Å². The highest BCUT2D eigenvalue weighted by molar-refractivity contribution is 5.53. The van der Waals surface area contributed by atoms with Gasteiger partial charge in [0.25, 0.3) is 0 Å². The van der Waals surface area contributed by atoms with Gasteiger partial charge in [0.15, 0.2) is 0 Å².